The van der Waals surface area contributed by atoms with Crippen LogP contribution in [0.5, 0.6) is 0 Å². The second kappa shape index (κ2) is 19.5. The van der Waals surface area contributed by atoms with Crippen LogP contribution in [0.4, 0.5) is 24.5 Å². The summed E-state index contributed by atoms with van der Waals surface area (Å²) in [5, 5.41) is 9.23. The van der Waals surface area contributed by atoms with Crippen molar-refractivity contribution < 1.29 is 41.5 Å². The van der Waals surface area contributed by atoms with Gasteiger partial charge in [-0.15, -0.1) is 0 Å². The normalized spacial score (nSPS) is 15.9. The molecule has 2 aliphatic heterocycles. The van der Waals surface area contributed by atoms with Gasteiger partial charge in [-0.2, -0.15) is 18.3 Å². The Kier molecular flexibility index (Phi) is 13.5. The number of imidazole rings is 1. The number of amides is 4. The van der Waals surface area contributed by atoms with E-state index in [0.29, 0.717) is 36.4 Å². The number of primary amides is 1. The lowest BCUT2D eigenvalue weighted by Crippen LogP contribution is -2.47. The van der Waals surface area contributed by atoms with Gasteiger partial charge in [-0.1, -0.05) is 12.1 Å². The highest BCUT2D eigenvalue weighted by Gasteiger charge is 2.32. The van der Waals surface area contributed by atoms with Crippen molar-refractivity contribution >= 4 is 46.0 Å². The lowest BCUT2D eigenvalue weighted by Gasteiger charge is -2.36. The van der Waals surface area contributed by atoms with Gasteiger partial charge in [0.15, 0.2) is 11.4 Å². The predicted octanol–water partition coefficient (Wildman–Crippen LogP) is 4.56. The van der Waals surface area contributed by atoms with Gasteiger partial charge in [-0.3, -0.25) is 43.5 Å². The zero-order chi connectivity index (χ0) is 46.5. The third-order valence-corrected chi connectivity index (χ3v) is 11.7. The molecule has 2 fully saturated rings. The van der Waals surface area contributed by atoms with Crippen molar-refractivity contribution in [2.24, 2.45) is 12.8 Å². The molecule has 2 aliphatic rings. The number of piperazine rings is 1. The fourth-order valence-electron chi connectivity index (χ4n) is 8.15. The van der Waals surface area contributed by atoms with Crippen molar-refractivity contribution in [3.8, 4) is 17.1 Å². The number of rotatable bonds is 17. The molecular weight excluding hydrogens is 864 g/mol. The lowest BCUT2D eigenvalue weighted by atomic mass is 10.1. The number of aryl methyl sites for hydroxylation is 3. The van der Waals surface area contributed by atoms with Gasteiger partial charge >= 0.3 is 11.9 Å². The molecule has 0 radical (unpaired) electrons. The van der Waals surface area contributed by atoms with Crippen LogP contribution in [0, 0.1) is 0 Å². The summed E-state index contributed by atoms with van der Waals surface area (Å²) in [7, 11) is 1.70. The number of carbonyl (C=O) groups is 4. The number of unbranched alkanes of at least 4 members (excludes halogenated alkanes) is 1. The van der Waals surface area contributed by atoms with Gasteiger partial charge in [0.25, 0.3) is 11.8 Å². The highest BCUT2D eigenvalue weighted by Crippen LogP contribution is 2.28. The molecule has 18 nitrogen and oxygen atoms in total. The molecule has 0 spiro atoms. The van der Waals surface area contributed by atoms with E-state index in [1.807, 2.05) is 42.5 Å². The number of oxazole rings is 1. The largest absolute Gasteiger partial charge is 0.444 e. The number of benzene rings is 2. The molecule has 0 saturated carbocycles. The third-order valence-electron chi connectivity index (χ3n) is 11.7. The molecule has 8 rings (SSSR count). The van der Waals surface area contributed by atoms with E-state index in [4.69, 9.17) is 14.9 Å². The standard InChI is InChI=1S/C45H48F3N11O7/c1-55-37-25-32(9-10-35(37)59(44(55)64)36-11-12-38(60)53-42(36)63)57-19-17-56(18-20-57)21-23-65-22-3-2-4-28-5-7-31(8-6-28)58-26-33(39(54-58)40(49)61)51-41(62)34-27-66-43(52-34)29-14-16-50-30(24-29)13-15-45(46,47)48/h5-10,14,16,24-27,36H,2-4,11-13,15,17-23H2,1H3,(H2,49,61)(H,51,62)(H,53,60,63). The second-order valence-corrected chi connectivity index (χ2v) is 16.3. The van der Waals surface area contributed by atoms with Gasteiger partial charge in [-0.05, 0) is 80.1 Å². The van der Waals surface area contributed by atoms with Crippen molar-refractivity contribution in [3.05, 3.63) is 106 Å². The Balaban J connectivity index is 0.755. The maximum atomic E-state index is 13.2. The van der Waals surface area contributed by atoms with E-state index < -0.39 is 36.4 Å². The van der Waals surface area contributed by atoms with Crippen LogP contribution in [0.2, 0.25) is 0 Å². The molecule has 1 unspecified atom stereocenters. The summed E-state index contributed by atoms with van der Waals surface area (Å²) in [5.74, 6) is -2.35. The average molecular weight is 912 g/mol. The Morgan fingerprint density at radius 3 is 2.47 bits per heavy atom. The molecular formula is C45H48F3N11O7. The predicted molar refractivity (Wildman–Crippen MR) is 235 cm³/mol. The molecule has 66 heavy (non-hydrogen) atoms. The smallest absolute Gasteiger partial charge is 0.389 e. The first-order valence-corrected chi connectivity index (χ1v) is 21.6. The molecule has 21 heteroatoms. The van der Waals surface area contributed by atoms with Crippen LogP contribution in [0.15, 0.2) is 82.5 Å². The Morgan fingerprint density at radius 2 is 1.73 bits per heavy atom. The summed E-state index contributed by atoms with van der Waals surface area (Å²) in [6, 6.07) is 15.7. The topological polar surface area (TPSA) is 218 Å². The minimum Gasteiger partial charge on any atom is -0.444 e. The van der Waals surface area contributed by atoms with Crippen LogP contribution in [0.25, 0.3) is 28.2 Å². The summed E-state index contributed by atoms with van der Waals surface area (Å²) in [6.45, 7) is 5.46. The average Bonchev–Trinajstić information content (AvgIpc) is 4.03. The Hall–Kier alpha value is -7.13. The molecule has 0 bridgehead atoms. The summed E-state index contributed by atoms with van der Waals surface area (Å²) < 4.78 is 54.0. The first-order valence-electron chi connectivity index (χ1n) is 21.6. The van der Waals surface area contributed by atoms with E-state index in [1.165, 1.54) is 33.8 Å². The number of pyridine rings is 1. The van der Waals surface area contributed by atoms with Crippen molar-refractivity contribution in [2.75, 3.05) is 56.2 Å². The molecule has 6 heterocycles. The van der Waals surface area contributed by atoms with Crippen LogP contribution >= 0.6 is 0 Å². The number of alkyl halides is 3. The van der Waals surface area contributed by atoms with E-state index in [1.54, 1.807) is 11.6 Å². The summed E-state index contributed by atoms with van der Waals surface area (Å²) in [5.41, 5.74) is 9.71. The fraction of sp³-hybridized carbons (Fsp3) is 0.378. The second-order valence-electron chi connectivity index (χ2n) is 16.3. The SMILES string of the molecule is Cn1c(=O)n(C2CCC(=O)NC2=O)c2ccc(N3CCN(CCOCCCCc4ccc(-n5cc(NC(=O)c6coc(-c7ccnc(CCC(F)(F)F)c7)n6)c(C(N)=O)n5)cc4)CC3)cc21. The number of aromatic nitrogens is 6. The van der Waals surface area contributed by atoms with Crippen LogP contribution in [-0.4, -0.2) is 110 Å². The molecule has 6 aromatic rings. The van der Waals surface area contributed by atoms with E-state index in [2.05, 4.69) is 35.5 Å². The zero-order valence-corrected chi connectivity index (χ0v) is 36.1. The molecule has 4 amide bonds. The van der Waals surface area contributed by atoms with Gasteiger partial charge in [0, 0.05) is 82.4 Å². The highest BCUT2D eigenvalue weighted by molar-refractivity contribution is 6.07. The van der Waals surface area contributed by atoms with E-state index in [-0.39, 0.29) is 53.1 Å². The number of fused-ring (bicyclic) bond motifs is 1. The van der Waals surface area contributed by atoms with Crippen LogP contribution in [-0.2, 0) is 34.2 Å². The Labute approximate surface area is 375 Å². The van der Waals surface area contributed by atoms with Crippen LogP contribution in [0.3, 0.4) is 0 Å². The number of ether oxygens (including phenoxy) is 1. The number of nitrogens with zero attached hydrogens (tertiary/aromatic N) is 8. The number of halogens is 3. The molecule has 2 aromatic carbocycles. The molecule has 4 aromatic heterocycles. The lowest BCUT2D eigenvalue weighted by molar-refractivity contribution is -0.136. The third kappa shape index (κ3) is 10.5. The van der Waals surface area contributed by atoms with Crippen LogP contribution in [0.1, 0.15) is 70.4 Å². The summed E-state index contributed by atoms with van der Waals surface area (Å²) in [4.78, 5) is 75.6. The quantitative estimate of drug-likeness (QED) is 0.0848. The minimum absolute atomic E-state index is 0.00438. The first-order chi connectivity index (χ1) is 31.7. The summed E-state index contributed by atoms with van der Waals surface area (Å²) in [6.07, 6.45) is 1.31. The van der Waals surface area contributed by atoms with Gasteiger partial charge in [0.1, 0.15) is 12.3 Å². The number of nitrogens with one attached hydrogen (secondary N) is 2. The van der Waals surface area contributed by atoms with Crippen molar-refractivity contribution in [2.45, 2.75) is 57.2 Å². The highest BCUT2D eigenvalue weighted by atomic mass is 19.4. The zero-order valence-electron chi connectivity index (χ0n) is 36.1. The van der Waals surface area contributed by atoms with Crippen molar-refractivity contribution in [3.63, 3.8) is 0 Å². The first kappa shape index (κ1) is 45.4. The number of piperidine rings is 1. The molecule has 2 saturated heterocycles. The number of nitrogens with two attached hydrogens (primary N) is 1. The number of imide groups is 1. The van der Waals surface area contributed by atoms with Gasteiger partial charge in [0.05, 0.1) is 35.2 Å². The van der Waals surface area contributed by atoms with Crippen molar-refractivity contribution in [1.82, 2.24) is 39.1 Å². The minimum atomic E-state index is -4.33. The number of anilines is 2. The van der Waals surface area contributed by atoms with Gasteiger partial charge in [-0.25, -0.2) is 14.5 Å². The molecule has 0 aliphatic carbocycles. The van der Waals surface area contributed by atoms with Gasteiger partial charge in [0.2, 0.25) is 17.7 Å². The Bertz CT molecular complexity index is 2800. The van der Waals surface area contributed by atoms with E-state index >= 15 is 0 Å². The number of hydrogen-bond acceptors (Lipinski definition) is 12. The Morgan fingerprint density at radius 1 is 0.955 bits per heavy atom. The maximum absolute atomic E-state index is 13.2. The van der Waals surface area contributed by atoms with Gasteiger partial charge < -0.3 is 25.1 Å². The van der Waals surface area contributed by atoms with Crippen LogP contribution < -0.4 is 27.0 Å². The fourth-order valence-corrected chi connectivity index (χ4v) is 8.15. The monoisotopic (exact) mass is 911 g/mol. The summed E-state index contributed by atoms with van der Waals surface area (Å²) >= 11 is 0. The van der Waals surface area contributed by atoms with E-state index in [0.717, 1.165) is 75.0 Å². The van der Waals surface area contributed by atoms with E-state index in [9.17, 15) is 37.1 Å². The number of carbonyl (C=O) groups excluding carboxylic acids is 4. The number of hydrogen-bond donors (Lipinski definition) is 3. The molecule has 346 valence electrons. The van der Waals surface area contributed by atoms with Crippen molar-refractivity contribution in [1.29, 1.82) is 0 Å². The maximum Gasteiger partial charge on any atom is 0.389 e. The molecule has 4 N–H and O–H groups in total. The molecule has 1 atom stereocenters.